The van der Waals surface area contributed by atoms with Crippen LogP contribution in [0.25, 0.3) is 0 Å². The zero-order valence-corrected chi connectivity index (χ0v) is 17.9. The second-order valence-corrected chi connectivity index (χ2v) is 8.49. The molecule has 2 saturated heterocycles. The lowest BCUT2D eigenvalue weighted by Gasteiger charge is -2.30. The van der Waals surface area contributed by atoms with Gasteiger partial charge in [0.05, 0.1) is 0 Å². The summed E-state index contributed by atoms with van der Waals surface area (Å²) >= 11 is 0. The van der Waals surface area contributed by atoms with Gasteiger partial charge in [0.1, 0.15) is 0 Å². The Morgan fingerprint density at radius 2 is 1.90 bits per heavy atom. The van der Waals surface area contributed by atoms with Gasteiger partial charge < -0.3 is 20.9 Å². The molecule has 29 heavy (non-hydrogen) atoms. The Hall–Kier alpha value is -2.08. The highest BCUT2D eigenvalue weighted by Crippen LogP contribution is 2.21. The van der Waals surface area contributed by atoms with Crippen molar-refractivity contribution in [2.45, 2.75) is 38.5 Å². The zero-order valence-electron chi connectivity index (χ0n) is 17.9. The van der Waals surface area contributed by atoms with Crippen molar-refractivity contribution < 1.29 is 4.79 Å². The maximum Gasteiger partial charge on any atom is 0.220 e. The van der Waals surface area contributed by atoms with E-state index < -0.39 is 0 Å². The van der Waals surface area contributed by atoms with Gasteiger partial charge in [-0.15, -0.1) is 0 Å². The normalized spacial score (nSPS) is 21.5. The predicted octanol–water partition coefficient (Wildman–Crippen LogP) is 2.10. The molecule has 2 heterocycles. The van der Waals surface area contributed by atoms with Gasteiger partial charge in [0.2, 0.25) is 5.91 Å². The number of nitrogens with two attached hydrogens (primary N) is 1. The van der Waals surface area contributed by atoms with Gasteiger partial charge in [-0.2, -0.15) is 0 Å². The number of amides is 1. The second-order valence-electron chi connectivity index (χ2n) is 8.49. The third-order valence-corrected chi connectivity index (χ3v) is 6.34. The van der Waals surface area contributed by atoms with E-state index >= 15 is 0 Å². The number of carbonyl (C=O) groups excluding carboxylic acids is 1. The number of primary amides is 1. The van der Waals surface area contributed by atoms with Crippen LogP contribution in [-0.2, 0) is 11.2 Å². The van der Waals surface area contributed by atoms with E-state index in [0.717, 1.165) is 70.9 Å². The lowest BCUT2D eigenvalue weighted by Crippen LogP contribution is -2.41. The lowest BCUT2D eigenvalue weighted by atomic mass is 9.96. The van der Waals surface area contributed by atoms with Crippen LogP contribution in [-0.4, -0.2) is 68.0 Å². The van der Waals surface area contributed by atoms with Crippen molar-refractivity contribution in [1.82, 2.24) is 15.1 Å². The molecule has 6 heteroatoms. The Kier molecular flexibility index (Phi) is 8.35. The van der Waals surface area contributed by atoms with Gasteiger partial charge in [0.15, 0.2) is 5.96 Å². The number of benzene rings is 1. The molecule has 1 amide bonds. The molecule has 2 aliphatic rings. The first-order valence-electron chi connectivity index (χ1n) is 11.2. The largest absolute Gasteiger partial charge is 0.369 e. The van der Waals surface area contributed by atoms with Gasteiger partial charge in [-0.05, 0) is 69.6 Å². The van der Waals surface area contributed by atoms with E-state index in [-0.39, 0.29) is 11.8 Å². The van der Waals surface area contributed by atoms with Crippen LogP contribution >= 0.6 is 0 Å². The number of hydrogen-bond donors (Lipinski definition) is 2. The average molecular weight is 400 g/mol. The molecule has 0 aliphatic carbocycles. The van der Waals surface area contributed by atoms with Crippen LogP contribution in [0.15, 0.2) is 35.3 Å². The molecule has 1 unspecified atom stereocenters. The minimum Gasteiger partial charge on any atom is -0.369 e. The number of rotatable bonds is 8. The molecule has 6 nitrogen and oxygen atoms in total. The second kappa shape index (κ2) is 11.2. The van der Waals surface area contributed by atoms with E-state index in [9.17, 15) is 4.79 Å². The van der Waals surface area contributed by atoms with Crippen LogP contribution in [0.5, 0.6) is 0 Å². The smallest absolute Gasteiger partial charge is 0.220 e. The molecular weight excluding hydrogens is 362 g/mol. The summed E-state index contributed by atoms with van der Waals surface area (Å²) in [5, 5.41) is 3.55. The molecule has 0 saturated carbocycles. The number of likely N-dealkylation sites (tertiary alicyclic amines) is 2. The highest BCUT2D eigenvalue weighted by molar-refractivity contribution is 5.80. The Bertz CT molecular complexity index is 654. The van der Waals surface area contributed by atoms with Crippen LogP contribution in [0.2, 0.25) is 0 Å². The maximum absolute atomic E-state index is 11.3. The molecule has 1 atom stereocenters. The molecule has 3 rings (SSSR count). The summed E-state index contributed by atoms with van der Waals surface area (Å²) in [4.78, 5) is 20.6. The first kappa shape index (κ1) is 21.6. The summed E-state index contributed by atoms with van der Waals surface area (Å²) in [5.74, 6) is 1.71. The predicted molar refractivity (Wildman–Crippen MR) is 119 cm³/mol. The third kappa shape index (κ3) is 6.74. The van der Waals surface area contributed by atoms with Crippen LogP contribution in [0.4, 0.5) is 0 Å². The number of guanidine groups is 1. The van der Waals surface area contributed by atoms with Crippen molar-refractivity contribution in [1.29, 1.82) is 0 Å². The van der Waals surface area contributed by atoms with Crippen molar-refractivity contribution >= 4 is 11.9 Å². The van der Waals surface area contributed by atoms with Crippen molar-refractivity contribution in [3.8, 4) is 0 Å². The standard InChI is InChI=1S/C23H37N5O/c1-25-23(28-16-9-20(18-28)17-19-7-3-2-4-8-19)26-12-5-6-13-27-14-10-21(11-15-27)22(24)29/h2-4,7-8,20-21H,5-6,9-18H2,1H3,(H2,24,29)(H,25,26). The number of piperidine rings is 1. The molecule has 2 fully saturated rings. The van der Waals surface area contributed by atoms with Crippen LogP contribution < -0.4 is 11.1 Å². The monoisotopic (exact) mass is 399 g/mol. The topological polar surface area (TPSA) is 74.0 Å². The quantitative estimate of drug-likeness (QED) is 0.399. The Labute approximate surface area is 175 Å². The Balaban J connectivity index is 1.29. The highest BCUT2D eigenvalue weighted by atomic mass is 16.1. The van der Waals surface area contributed by atoms with E-state index in [1.54, 1.807) is 0 Å². The van der Waals surface area contributed by atoms with Crippen molar-refractivity contribution in [2.75, 3.05) is 46.3 Å². The summed E-state index contributed by atoms with van der Waals surface area (Å²) in [6.07, 6.45) is 6.52. The molecule has 2 aliphatic heterocycles. The van der Waals surface area contributed by atoms with Gasteiger partial charge in [-0.3, -0.25) is 9.79 Å². The van der Waals surface area contributed by atoms with Crippen LogP contribution in [0.1, 0.15) is 37.7 Å². The zero-order chi connectivity index (χ0) is 20.5. The molecule has 0 spiro atoms. The van der Waals surface area contributed by atoms with Crippen molar-refractivity contribution in [3.05, 3.63) is 35.9 Å². The van der Waals surface area contributed by atoms with Gasteiger partial charge in [0.25, 0.3) is 0 Å². The molecule has 1 aromatic carbocycles. The van der Waals surface area contributed by atoms with E-state index in [2.05, 4.69) is 50.4 Å². The minimum atomic E-state index is -0.131. The Morgan fingerprint density at radius 1 is 1.14 bits per heavy atom. The molecule has 160 valence electrons. The fraction of sp³-hybridized carbons (Fsp3) is 0.652. The average Bonchev–Trinajstić information content (AvgIpc) is 3.20. The third-order valence-electron chi connectivity index (χ3n) is 6.34. The summed E-state index contributed by atoms with van der Waals surface area (Å²) < 4.78 is 0. The van der Waals surface area contributed by atoms with Crippen molar-refractivity contribution in [3.63, 3.8) is 0 Å². The molecular formula is C23H37N5O. The SMILES string of the molecule is CN=C(NCCCCN1CCC(C(N)=O)CC1)N1CCC(Cc2ccccc2)C1. The maximum atomic E-state index is 11.3. The Morgan fingerprint density at radius 3 is 2.59 bits per heavy atom. The van der Waals surface area contributed by atoms with Crippen molar-refractivity contribution in [2.24, 2.45) is 22.6 Å². The number of aliphatic imine (C=N–C) groups is 1. The van der Waals surface area contributed by atoms with Crippen LogP contribution in [0.3, 0.4) is 0 Å². The van der Waals surface area contributed by atoms with E-state index in [1.165, 1.54) is 18.4 Å². The molecule has 1 aromatic rings. The number of nitrogens with one attached hydrogen (secondary N) is 1. The number of unbranched alkanes of at least 4 members (excludes halogenated alkanes) is 1. The molecule has 3 N–H and O–H groups in total. The van der Waals surface area contributed by atoms with E-state index in [0.29, 0.717) is 5.92 Å². The number of hydrogen-bond acceptors (Lipinski definition) is 3. The minimum absolute atomic E-state index is 0.0856. The fourth-order valence-electron chi connectivity index (χ4n) is 4.57. The van der Waals surface area contributed by atoms with Gasteiger partial charge in [0, 0.05) is 32.6 Å². The molecule has 0 radical (unpaired) electrons. The first-order chi connectivity index (χ1) is 14.2. The summed E-state index contributed by atoms with van der Waals surface area (Å²) in [5.41, 5.74) is 6.84. The molecule has 0 bridgehead atoms. The van der Waals surface area contributed by atoms with Gasteiger partial charge >= 0.3 is 0 Å². The summed E-state index contributed by atoms with van der Waals surface area (Å²) in [6.45, 7) is 6.24. The summed E-state index contributed by atoms with van der Waals surface area (Å²) in [7, 11) is 1.88. The van der Waals surface area contributed by atoms with E-state index in [1.807, 2.05) is 7.05 Å². The highest BCUT2D eigenvalue weighted by Gasteiger charge is 2.25. The number of nitrogens with zero attached hydrogens (tertiary/aromatic N) is 3. The lowest BCUT2D eigenvalue weighted by molar-refractivity contribution is -0.123. The fourth-order valence-corrected chi connectivity index (χ4v) is 4.57. The van der Waals surface area contributed by atoms with Crippen LogP contribution in [0, 0.1) is 11.8 Å². The van der Waals surface area contributed by atoms with Gasteiger partial charge in [-0.1, -0.05) is 30.3 Å². The van der Waals surface area contributed by atoms with E-state index in [4.69, 9.17) is 5.73 Å². The number of carbonyl (C=O) groups is 1. The molecule has 0 aromatic heterocycles. The first-order valence-corrected chi connectivity index (χ1v) is 11.2. The van der Waals surface area contributed by atoms with Gasteiger partial charge in [-0.25, -0.2) is 0 Å². The summed E-state index contributed by atoms with van der Waals surface area (Å²) in [6, 6.07) is 10.8.